The molecule has 4 atom stereocenters. The van der Waals surface area contributed by atoms with Crippen molar-refractivity contribution in [2.45, 2.75) is 69.1 Å². The fourth-order valence-electron chi connectivity index (χ4n) is 4.49. The summed E-state index contributed by atoms with van der Waals surface area (Å²) >= 11 is 1.31. The number of thioether (sulfide) groups is 1. The van der Waals surface area contributed by atoms with Crippen LogP contribution in [0.3, 0.4) is 0 Å². The van der Waals surface area contributed by atoms with Gasteiger partial charge in [0.25, 0.3) is 0 Å². The number of Topliss-reactive ketones (excluding diaryl/α,β-unsaturated/α-hetero) is 3. The molecule has 284 valence electrons. The Balaban J connectivity index is 2.58. The van der Waals surface area contributed by atoms with Crippen molar-refractivity contribution in [2.75, 3.05) is 86.0 Å². The van der Waals surface area contributed by atoms with Crippen LogP contribution in [0.4, 0.5) is 9.59 Å². The quantitative estimate of drug-likeness (QED) is 0.0469. The Morgan fingerprint density at radius 1 is 0.857 bits per heavy atom. The molecule has 0 aromatic heterocycles. The summed E-state index contributed by atoms with van der Waals surface area (Å²) in [6.45, 7) is 1.61. The lowest BCUT2D eigenvalue weighted by atomic mass is 9.92. The second kappa shape index (κ2) is 27.6. The molecule has 1 fully saturated rings. The molecule has 0 heterocycles. The van der Waals surface area contributed by atoms with Gasteiger partial charge in [0.15, 0.2) is 17.3 Å². The van der Waals surface area contributed by atoms with Crippen LogP contribution in [0.25, 0.3) is 0 Å². The summed E-state index contributed by atoms with van der Waals surface area (Å²) in [6, 6.07) is -1.17. The van der Waals surface area contributed by atoms with Crippen LogP contribution in [0.15, 0.2) is 0 Å². The highest BCUT2D eigenvalue weighted by molar-refractivity contribution is 8.00. The highest BCUT2D eigenvalue weighted by Crippen LogP contribution is 2.42. The van der Waals surface area contributed by atoms with Crippen molar-refractivity contribution in [1.82, 2.24) is 10.6 Å². The first kappa shape index (κ1) is 44.9. The number of ketones is 3. The van der Waals surface area contributed by atoms with E-state index in [1.54, 1.807) is 0 Å². The second-order valence-electron chi connectivity index (χ2n) is 10.9. The number of ether oxygens (including phenoxy) is 5. The number of methoxy groups -OCH3 is 1. The molecule has 17 nitrogen and oxygen atoms in total. The number of hydrogen-bond acceptors (Lipinski definition) is 15. The van der Waals surface area contributed by atoms with Gasteiger partial charge in [-0.25, -0.2) is 14.2 Å². The SMILES string of the molecule is COCCOCCOC(=O)NC(CCCCNC(=O)OCCOCCCO)C(=O)C1C(=O)CC(SCCCCCCOP(=O)(O)OC)C1=O. The van der Waals surface area contributed by atoms with Gasteiger partial charge >= 0.3 is 20.0 Å². The third-order valence-electron chi connectivity index (χ3n) is 7.06. The lowest BCUT2D eigenvalue weighted by Crippen LogP contribution is -2.46. The fraction of sp³-hybridized carbons (Fsp3) is 0.833. The molecule has 4 unspecified atom stereocenters. The molecule has 0 bridgehead atoms. The molecule has 4 N–H and O–H groups in total. The van der Waals surface area contributed by atoms with Gasteiger partial charge in [0.05, 0.1) is 44.3 Å². The summed E-state index contributed by atoms with van der Waals surface area (Å²) in [5.74, 6) is -2.58. The average molecular weight is 745 g/mol. The molecular weight excluding hydrogens is 691 g/mol. The van der Waals surface area contributed by atoms with E-state index in [1.807, 2.05) is 0 Å². The Kier molecular flexibility index (Phi) is 25.2. The number of phosphoric acid groups is 1. The average Bonchev–Trinajstić information content (AvgIpc) is 3.36. The zero-order chi connectivity index (χ0) is 36.3. The van der Waals surface area contributed by atoms with Crippen LogP contribution in [0.1, 0.15) is 57.8 Å². The van der Waals surface area contributed by atoms with E-state index in [0.29, 0.717) is 51.3 Å². The number of aliphatic hydroxyl groups excluding tert-OH is 1. The Morgan fingerprint density at radius 2 is 1.53 bits per heavy atom. The molecule has 0 saturated heterocycles. The Hall–Kier alpha value is -2.15. The number of phosphoric ester groups is 1. The smallest absolute Gasteiger partial charge is 0.447 e. The molecule has 49 heavy (non-hydrogen) atoms. The van der Waals surface area contributed by atoms with E-state index in [0.717, 1.165) is 26.4 Å². The maximum absolute atomic E-state index is 13.5. The van der Waals surface area contributed by atoms with Crippen LogP contribution >= 0.6 is 19.6 Å². The van der Waals surface area contributed by atoms with Crippen molar-refractivity contribution in [3.63, 3.8) is 0 Å². The Labute approximate surface area is 291 Å². The van der Waals surface area contributed by atoms with E-state index in [9.17, 15) is 33.4 Å². The van der Waals surface area contributed by atoms with Gasteiger partial charge in [0.1, 0.15) is 19.1 Å². The summed E-state index contributed by atoms with van der Waals surface area (Å²) in [5, 5.41) is 13.1. The summed E-state index contributed by atoms with van der Waals surface area (Å²) < 4.78 is 45.8. The molecule has 1 saturated carbocycles. The summed E-state index contributed by atoms with van der Waals surface area (Å²) in [7, 11) is -1.38. The van der Waals surface area contributed by atoms with Crippen molar-refractivity contribution in [1.29, 1.82) is 0 Å². The van der Waals surface area contributed by atoms with Gasteiger partial charge in [-0.3, -0.25) is 23.4 Å². The van der Waals surface area contributed by atoms with Crippen molar-refractivity contribution in [3.8, 4) is 0 Å². The van der Waals surface area contributed by atoms with Gasteiger partial charge in [-0.2, -0.15) is 11.8 Å². The standard InChI is InChI=1S/C30H53N2O15PS/c1-41-15-16-44-18-20-46-30(38)32-23(10-5-6-11-31-29(37)45-19-17-43-13-9-12-33)27(35)26-24(34)22-25(28(26)36)49-21-8-4-3-7-14-47-48(39,40)42-2/h23,25-26,33H,3-22H2,1-2H3,(H,31,37)(H,32,38)(H,39,40). The van der Waals surface area contributed by atoms with E-state index in [-0.39, 0.29) is 59.0 Å². The number of aliphatic hydroxyl groups is 1. The number of nitrogens with one attached hydrogen (secondary N) is 2. The first-order valence-corrected chi connectivity index (χ1v) is 18.9. The van der Waals surface area contributed by atoms with Crippen LogP contribution < -0.4 is 10.6 Å². The van der Waals surface area contributed by atoms with Gasteiger partial charge in [-0.1, -0.05) is 12.8 Å². The van der Waals surface area contributed by atoms with Crippen molar-refractivity contribution >= 4 is 49.1 Å². The topological polar surface area (TPSA) is 232 Å². The summed E-state index contributed by atoms with van der Waals surface area (Å²) in [6.07, 6.45) is 2.53. The van der Waals surface area contributed by atoms with Crippen LogP contribution in [-0.2, 0) is 51.7 Å². The molecule has 1 aliphatic rings. The van der Waals surface area contributed by atoms with Gasteiger partial charge < -0.3 is 44.3 Å². The molecule has 0 spiro atoms. The Bertz CT molecular complexity index is 1040. The van der Waals surface area contributed by atoms with E-state index in [1.165, 1.54) is 18.9 Å². The van der Waals surface area contributed by atoms with Gasteiger partial charge in [0, 0.05) is 40.4 Å². The van der Waals surface area contributed by atoms with Crippen molar-refractivity contribution in [3.05, 3.63) is 0 Å². The molecule has 0 radical (unpaired) electrons. The predicted octanol–water partition coefficient (Wildman–Crippen LogP) is 2.19. The maximum Gasteiger partial charge on any atom is 0.471 e. The molecule has 1 aliphatic carbocycles. The zero-order valence-corrected chi connectivity index (χ0v) is 30.1. The van der Waals surface area contributed by atoms with E-state index < -0.39 is 54.6 Å². The van der Waals surface area contributed by atoms with Crippen molar-refractivity contribution < 1.29 is 71.3 Å². The Morgan fingerprint density at radius 3 is 2.22 bits per heavy atom. The lowest BCUT2D eigenvalue weighted by molar-refractivity contribution is -0.137. The van der Waals surface area contributed by atoms with E-state index >= 15 is 0 Å². The number of hydrogen-bond donors (Lipinski definition) is 4. The minimum absolute atomic E-state index is 0.0115. The van der Waals surface area contributed by atoms with Crippen LogP contribution in [0.2, 0.25) is 0 Å². The largest absolute Gasteiger partial charge is 0.471 e. The third kappa shape index (κ3) is 21.0. The summed E-state index contributed by atoms with van der Waals surface area (Å²) in [5.41, 5.74) is 0. The molecule has 2 amide bonds. The zero-order valence-electron chi connectivity index (χ0n) is 28.4. The maximum atomic E-state index is 13.5. The number of rotatable bonds is 30. The summed E-state index contributed by atoms with van der Waals surface area (Å²) in [4.78, 5) is 73.2. The van der Waals surface area contributed by atoms with E-state index in [2.05, 4.69) is 15.2 Å². The fourth-order valence-corrected chi connectivity index (χ4v) is 6.19. The molecule has 0 aromatic carbocycles. The van der Waals surface area contributed by atoms with Crippen LogP contribution in [0, 0.1) is 5.92 Å². The lowest BCUT2D eigenvalue weighted by Gasteiger charge is -2.20. The van der Waals surface area contributed by atoms with E-state index in [4.69, 9.17) is 33.3 Å². The first-order valence-electron chi connectivity index (χ1n) is 16.4. The highest BCUT2D eigenvalue weighted by atomic mass is 32.2. The molecule has 0 aliphatic heterocycles. The number of carbonyl (C=O) groups excluding carboxylic acids is 5. The number of amides is 2. The monoisotopic (exact) mass is 744 g/mol. The third-order valence-corrected chi connectivity index (χ3v) is 9.36. The first-order chi connectivity index (χ1) is 23.6. The molecular formula is C30H53N2O15PS. The number of carbonyl (C=O) groups is 5. The molecule has 0 aromatic rings. The second-order valence-corrected chi connectivity index (χ2v) is 13.7. The van der Waals surface area contributed by atoms with Crippen molar-refractivity contribution in [2.24, 2.45) is 5.92 Å². The normalized spacial score (nSPS) is 17.8. The minimum atomic E-state index is -3.99. The molecule has 1 rings (SSSR count). The van der Waals surface area contributed by atoms with Gasteiger partial charge in [-0.15, -0.1) is 0 Å². The predicted molar refractivity (Wildman–Crippen MR) is 177 cm³/mol. The van der Waals surface area contributed by atoms with Gasteiger partial charge in [-0.05, 0) is 44.3 Å². The van der Waals surface area contributed by atoms with Crippen LogP contribution in [-0.4, -0.2) is 137 Å². The van der Waals surface area contributed by atoms with Gasteiger partial charge in [0.2, 0.25) is 0 Å². The number of unbranched alkanes of at least 4 members (excludes halogenated alkanes) is 4. The highest BCUT2D eigenvalue weighted by Gasteiger charge is 2.47. The number of alkyl carbamates (subject to hydrolysis) is 2. The van der Waals surface area contributed by atoms with Crippen LogP contribution in [0.5, 0.6) is 0 Å². The molecule has 19 heteroatoms. The minimum Gasteiger partial charge on any atom is -0.447 e.